The van der Waals surface area contributed by atoms with E-state index in [4.69, 9.17) is 0 Å². The number of rotatable bonds is 3. The summed E-state index contributed by atoms with van der Waals surface area (Å²) >= 11 is 0. The fraction of sp³-hybridized carbons (Fsp3) is 0.0714. The van der Waals surface area contributed by atoms with Crippen LogP contribution < -0.4 is 0 Å². The Morgan fingerprint density at radius 2 is 1.53 bits per heavy atom. The summed E-state index contributed by atoms with van der Waals surface area (Å²) in [5, 5.41) is 10.1. The summed E-state index contributed by atoms with van der Waals surface area (Å²) in [6.07, 6.45) is 1.06. The SMILES string of the molecule is O=[C-]c1ccccc1C(O)c1ccccc1.[Y]. The van der Waals surface area contributed by atoms with Crippen molar-refractivity contribution in [3.05, 3.63) is 71.3 Å². The molecule has 1 N–H and O–H groups in total. The summed E-state index contributed by atoms with van der Waals surface area (Å²) in [5.41, 5.74) is 1.76. The van der Waals surface area contributed by atoms with Crippen molar-refractivity contribution in [3.63, 3.8) is 0 Å². The van der Waals surface area contributed by atoms with Crippen LogP contribution in [0.5, 0.6) is 0 Å². The Labute approximate surface area is 126 Å². The van der Waals surface area contributed by atoms with Crippen LogP contribution >= 0.6 is 0 Å². The van der Waals surface area contributed by atoms with Crippen LogP contribution in [0.4, 0.5) is 0 Å². The van der Waals surface area contributed by atoms with E-state index < -0.39 is 6.10 Å². The van der Waals surface area contributed by atoms with Crippen LogP contribution in [0.1, 0.15) is 22.8 Å². The summed E-state index contributed by atoms with van der Waals surface area (Å²) in [4.78, 5) is 10.7. The fourth-order valence-corrected chi connectivity index (χ4v) is 1.64. The van der Waals surface area contributed by atoms with E-state index in [-0.39, 0.29) is 32.7 Å². The smallest absolute Gasteiger partial charge is 0.0630 e. The van der Waals surface area contributed by atoms with Gasteiger partial charge in [-0.25, -0.2) is 0 Å². The third kappa shape index (κ3) is 3.32. The molecule has 0 saturated heterocycles. The van der Waals surface area contributed by atoms with Gasteiger partial charge in [0, 0.05) is 32.7 Å². The average molecular weight is 300 g/mol. The molecule has 1 unspecified atom stereocenters. The Kier molecular flexibility index (Phi) is 5.69. The molecule has 1 radical (unpaired) electrons. The Hall–Kier alpha value is -0.826. The Balaban J connectivity index is 0.00000144. The molecule has 2 aromatic rings. The summed E-state index contributed by atoms with van der Waals surface area (Å²) in [5.74, 6) is 0. The van der Waals surface area contributed by atoms with Crippen molar-refractivity contribution in [1.29, 1.82) is 0 Å². The second-order valence-electron chi connectivity index (χ2n) is 3.50. The topological polar surface area (TPSA) is 37.3 Å². The molecular weight excluding hydrogens is 289 g/mol. The van der Waals surface area contributed by atoms with E-state index in [0.717, 1.165) is 5.56 Å². The molecule has 2 nitrogen and oxygen atoms in total. The van der Waals surface area contributed by atoms with Crippen LogP contribution in [0.2, 0.25) is 0 Å². The molecular formula is C14H11O2Y-. The van der Waals surface area contributed by atoms with Gasteiger partial charge in [0.25, 0.3) is 0 Å². The minimum absolute atomic E-state index is 0. The van der Waals surface area contributed by atoms with Crippen LogP contribution in [-0.4, -0.2) is 11.4 Å². The van der Waals surface area contributed by atoms with Gasteiger partial charge in [-0.05, 0) is 5.56 Å². The van der Waals surface area contributed by atoms with Gasteiger partial charge in [0.15, 0.2) is 0 Å². The van der Waals surface area contributed by atoms with E-state index in [0.29, 0.717) is 11.1 Å². The van der Waals surface area contributed by atoms with Gasteiger partial charge in [0.2, 0.25) is 0 Å². The number of hydrogen-bond acceptors (Lipinski definition) is 2. The molecule has 0 aliphatic rings. The van der Waals surface area contributed by atoms with Gasteiger partial charge in [-0.15, -0.1) is 23.3 Å². The Morgan fingerprint density at radius 1 is 0.941 bits per heavy atom. The third-order valence-corrected chi connectivity index (χ3v) is 2.48. The molecule has 0 heterocycles. The summed E-state index contributed by atoms with van der Waals surface area (Å²) in [7, 11) is 0. The van der Waals surface area contributed by atoms with Crippen molar-refractivity contribution in [1.82, 2.24) is 0 Å². The van der Waals surface area contributed by atoms with Crippen molar-refractivity contribution in [2.24, 2.45) is 0 Å². The number of aliphatic hydroxyl groups excluding tert-OH is 1. The molecule has 2 rings (SSSR count). The van der Waals surface area contributed by atoms with Gasteiger partial charge < -0.3 is 9.90 Å². The van der Waals surface area contributed by atoms with Crippen LogP contribution in [0.25, 0.3) is 0 Å². The number of carbonyl (C=O) groups excluding carboxylic acids is 1. The van der Waals surface area contributed by atoms with Crippen molar-refractivity contribution >= 4 is 6.29 Å². The van der Waals surface area contributed by atoms with Crippen LogP contribution in [0.15, 0.2) is 54.6 Å². The molecule has 83 valence electrons. The normalized spacial score (nSPS) is 11.4. The zero-order valence-corrected chi connectivity index (χ0v) is 12.0. The Morgan fingerprint density at radius 3 is 2.18 bits per heavy atom. The van der Waals surface area contributed by atoms with E-state index in [1.165, 1.54) is 0 Å². The first-order chi connectivity index (χ1) is 7.83. The maximum absolute atomic E-state index is 10.7. The van der Waals surface area contributed by atoms with Crippen molar-refractivity contribution < 1.29 is 42.6 Å². The van der Waals surface area contributed by atoms with Gasteiger partial charge in [-0.1, -0.05) is 36.4 Å². The molecule has 0 saturated carbocycles. The van der Waals surface area contributed by atoms with Gasteiger partial charge in [-0.2, -0.15) is 6.07 Å². The van der Waals surface area contributed by atoms with E-state index in [2.05, 4.69) is 0 Å². The molecule has 1 atom stereocenters. The molecule has 0 amide bonds. The maximum atomic E-state index is 10.7. The molecule has 3 heteroatoms. The number of hydrogen-bond donors (Lipinski definition) is 1. The van der Waals surface area contributed by atoms with Gasteiger partial charge in [-0.3, -0.25) is 0 Å². The quantitative estimate of drug-likeness (QED) is 0.883. The zero-order valence-electron chi connectivity index (χ0n) is 9.21. The van der Waals surface area contributed by atoms with Crippen LogP contribution in [0, 0.1) is 0 Å². The molecule has 0 aliphatic carbocycles. The predicted octanol–water partition coefficient (Wildman–Crippen LogP) is 2.22. The molecule has 0 aromatic heterocycles. The first-order valence-electron chi connectivity index (χ1n) is 5.03. The molecule has 0 fully saturated rings. The number of benzene rings is 2. The summed E-state index contributed by atoms with van der Waals surface area (Å²) in [6, 6.07) is 16.2. The molecule has 0 bridgehead atoms. The van der Waals surface area contributed by atoms with E-state index >= 15 is 0 Å². The van der Waals surface area contributed by atoms with Gasteiger partial charge in [0.05, 0.1) is 12.4 Å². The molecule has 17 heavy (non-hydrogen) atoms. The number of aliphatic hydroxyl groups is 1. The second-order valence-corrected chi connectivity index (χ2v) is 3.50. The maximum Gasteiger partial charge on any atom is 0.0630 e. The van der Waals surface area contributed by atoms with Crippen LogP contribution in [-0.2, 0) is 37.5 Å². The van der Waals surface area contributed by atoms with E-state index in [1.807, 2.05) is 36.6 Å². The standard InChI is InChI=1S/C14H11O2.Y/c15-10-12-8-4-5-9-13(12)14(16)11-6-2-1-3-7-11;/h1-9,14,16H;/q-1;. The van der Waals surface area contributed by atoms with Crippen molar-refractivity contribution in [2.45, 2.75) is 6.10 Å². The summed E-state index contributed by atoms with van der Waals surface area (Å²) in [6.45, 7) is 0. The third-order valence-electron chi connectivity index (χ3n) is 2.48. The molecule has 0 aliphatic heterocycles. The monoisotopic (exact) mass is 300 g/mol. The minimum atomic E-state index is -0.779. The van der Waals surface area contributed by atoms with Crippen molar-refractivity contribution in [2.75, 3.05) is 0 Å². The largest absolute Gasteiger partial charge is 0.396 e. The van der Waals surface area contributed by atoms with Crippen LogP contribution in [0.3, 0.4) is 0 Å². The molecule has 2 aromatic carbocycles. The first-order valence-corrected chi connectivity index (χ1v) is 5.03. The minimum Gasteiger partial charge on any atom is -0.396 e. The second kappa shape index (κ2) is 6.80. The first kappa shape index (κ1) is 14.2. The fourth-order valence-electron chi connectivity index (χ4n) is 1.64. The van der Waals surface area contributed by atoms with E-state index in [9.17, 15) is 9.90 Å². The van der Waals surface area contributed by atoms with Gasteiger partial charge in [0.1, 0.15) is 0 Å². The average Bonchev–Trinajstić information content (AvgIpc) is 2.39. The Bertz CT molecular complexity index is 483. The summed E-state index contributed by atoms with van der Waals surface area (Å²) < 4.78 is 0. The van der Waals surface area contributed by atoms with Crippen molar-refractivity contribution in [3.8, 4) is 0 Å². The molecule has 0 spiro atoms. The van der Waals surface area contributed by atoms with E-state index in [1.54, 1.807) is 24.3 Å². The zero-order chi connectivity index (χ0) is 11.4. The predicted molar refractivity (Wildman–Crippen MR) is 61.7 cm³/mol. The van der Waals surface area contributed by atoms with Gasteiger partial charge >= 0.3 is 0 Å².